The zero-order valence-corrected chi connectivity index (χ0v) is 22.4. The van der Waals surface area contributed by atoms with Crippen LogP contribution in [-0.4, -0.2) is 23.3 Å². The summed E-state index contributed by atoms with van der Waals surface area (Å²) in [6.07, 6.45) is 0.179. The molecule has 0 aliphatic heterocycles. The molecular weight excluding hydrogens is 444 g/mol. The van der Waals surface area contributed by atoms with E-state index in [1.54, 1.807) is 0 Å². The molecule has 2 aromatic rings. The molecule has 0 radical (unpaired) electrons. The summed E-state index contributed by atoms with van der Waals surface area (Å²) in [4.78, 5) is 20.4. The van der Waals surface area contributed by atoms with Gasteiger partial charge in [0.2, 0.25) is 0 Å². The van der Waals surface area contributed by atoms with E-state index in [0.29, 0.717) is 18.2 Å². The third-order valence-corrected chi connectivity index (χ3v) is 4.13. The number of fused-ring (bicyclic) bond motifs is 1. The number of esters is 1. The zero-order chi connectivity index (χ0) is 17.0. The number of carbonyl (C=O) groups is 2. The fourth-order valence-corrected chi connectivity index (χ4v) is 3.00. The molecule has 1 fully saturated rings. The van der Waals surface area contributed by atoms with Crippen molar-refractivity contribution in [3.05, 3.63) is 34.4 Å². The van der Waals surface area contributed by atoms with Crippen molar-refractivity contribution >= 4 is 39.0 Å². The molecule has 0 spiro atoms. The summed E-state index contributed by atoms with van der Waals surface area (Å²) in [7, 11) is 0. The summed E-state index contributed by atoms with van der Waals surface area (Å²) >= 11 is 3.59. The van der Waals surface area contributed by atoms with Gasteiger partial charge in [-0.1, -0.05) is 12.1 Å². The fraction of sp³-hybridized carbons (Fsp3) is 0.375. The minimum Gasteiger partial charge on any atom is -0.652 e. The van der Waals surface area contributed by atoms with Gasteiger partial charge in [0.15, 0.2) is 0 Å². The molecule has 1 aliphatic rings. The number of hydrogen-bond acceptors (Lipinski definition) is 5. The first-order valence-corrected chi connectivity index (χ1v) is 8.06. The molecule has 1 aromatic heterocycles. The molecule has 0 saturated heterocycles. The average Bonchev–Trinajstić information content (AvgIpc) is 3.19. The van der Waals surface area contributed by atoms with Crippen LogP contribution < -0.4 is 113 Å². The van der Waals surface area contributed by atoms with Crippen molar-refractivity contribution in [1.82, 2.24) is 4.57 Å². The van der Waals surface area contributed by atoms with Gasteiger partial charge >= 0.3 is 109 Å². The smallest absolute Gasteiger partial charge is 0.652 e. The molecule has 0 bridgehead atoms. The van der Waals surface area contributed by atoms with Gasteiger partial charge in [-0.05, 0) is 59.9 Å². The Balaban J connectivity index is 0.000000874. The Labute approximate surface area is 239 Å². The number of aromatic nitrogens is 1. The zero-order valence-electron chi connectivity index (χ0n) is 14.6. The van der Waals surface area contributed by atoms with Crippen LogP contribution in [0.25, 0.3) is 10.9 Å². The van der Waals surface area contributed by atoms with Gasteiger partial charge in [0.25, 0.3) is 0 Å². The summed E-state index contributed by atoms with van der Waals surface area (Å²) in [6, 6.07) is 7.97. The van der Waals surface area contributed by atoms with Gasteiger partial charge in [-0.3, -0.25) is 0 Å². The average molecular weight is 460 g/mol. The van der Waals surface area contributed by atoms with Crippen molar-refractivity contribution in [2.24, 2.45) is 5.92 Å². The monoisotopic (exact) mass is 459 g/mol. The summed E-state index contributed by atoms with van der Waals surface area (Å²) in [6.45, 7) is 3.15. The Bertz CT molecular complexity index is 727. The van der Waals surface area contributed by atoms with Gasteiger partial charge in [-0.25, -0.2) is 4.79 Å². The molecule has 1 saturated carbocycles. The Morgan fingerprint density at radius 2 is 1.88 bits per heavy atom. The van der Waals surface area contributed by atoms with Crippen LogP contribution >= 0.6 is 15.9 Å². The van der Waals surface area contributed by atoms with Crippen molar-refractivity contribution < 1.29 is 127 Å². The topological polar surface area (TPSA) is 94.4 Å². The molecule has 25 heavy (non-hydrogen) atoms. The van der Waals surface area contributed by atoms with Crippen molar-refractivity contribution in [1.29, 1.82) is 0 Å². The van der Waals surface area contributed by atoms with Crippen molar-refractivity contribution in [2.75, 3.05) is 6.61 Å². The van der Waals surface area contributed by atoms with Crippen LogP contribution in [0, 0.1) is 5.92 Å². The molecule has 1 aliphatic carbocycles. The molecule has 124 valence electrons. The first-order valence-electron chi connectivity index (χ1n) is 7.26. The van der Waals surface area contributed by atoms with E-state index >= 15 is 0 Å². The van der Waals surface area contributed by atoms with E-state index in [1.807, 2.05) is 31.2 Å². The molecule has 0 unspecified atom stereocenters. The molecule has 0 atom stereocenters. The van der Waals surface area contributed by atoms with Crippen LogP contribution in [0.3, 0.4) is 0 Å². The number of benzene rings is 1. The van der Waals surface area contributed by atoms with Gasteiger partial charge in [0.1, 0.15) is 5.69 Å². The summed E-state index contributed by atoms with van der Waals surface area (Å²) in [5.41, 5.74) is 1.76. The number of carboxylic acid groups (broad SMARTS) is 2. The maximum Gasteiger partial charge on any atom is 1.00 e. The number of carbonyl (C=O) groups excluding carboxylic acids is 2. The molecule has 3 rings (SSSR count). The molecule has 6 nitrogen and oxygen atoms in total. The van der Waals surface area contributed by atoms with Gasteiger partial charge in [-0.2, -0.15) is 0 Å². The van der Waals surface area contributed by atoms with Crippen LogP contribution in [0.5, 0.6) is 0 Å². The quantitative estimate of drug-likeness (QED) is 0.339. The Morgan fingerprint density at radius 3 is 2.40 bits per heavy atom. The molecular formula is C16H16BrK2NO5. The molecule has 0 amide bonds. The van der Waals surface area contributed by atoms with Gasteiger partial charge in [-0.15, -0.1) is 0 Å². The maximum atomic E-state index is 12.1. The minimum atomic E-state index is -2.33. The maximum absolute atomic E-state index is 12.1. The minimum absolute atomic E-state index is 0. The van der Waals surface area contributed by atoms with E-state index in [9.17, 15) is 4.79 Å². The predicted octanol–water partition coefficient (Wildman–Crippen LogP) is -4.45. The Morgan fingerprint density at radius 1 is 1.28 bits per heavy atom. The number of halogens is 1. The normalized spacial score (nSPS) is 12.2. The van der Waals surface area contributed by atoms with Crippen LogP contribution in [-0.2, 0) is 11.3 Å². The Kier molecular flexibility index (Phi) is 13.3. The summed E-state index contributed by atoms with van der Waals surface area (Å²) in [5, 5.41) is 17.7. The fourth-order valence-electron chi connectivity index (χ4n) is 2.40. The first kappa shape index (κ1) is 26.3. The predicted molar refractivity (Wildman–Crippen MR) is 83.7 cm³/mol. The summed E-state index contributed by atoms with van der Waals surface area (Å²) in [5.74, 6) is 0.474. The van der Waals surface area contributed by atoms with E-state index in [-0.39, 0.29) is 109 Å². The summed E-state index contributed by atoms with van der Waals surface area (Å²) < 4.78 is 8.30. The molecule has 1 aromatic carbocycles. The standard InChI is InChI=1S/C15H16BrNO2.CH2O3.2K/c1-2-19-15(18)13-8-11-4-3-5-12(16)14(11)17(13)9-10-6-7-10;2-1(3)4;;/h3-5,8,10H,2,6-7,9H2,1H3;(H2,2,3,4);;/q;;2*+1/p-2. The van der Waals surface area contributed by atoms with E-state index in [4.69, 9.17) is 19.7 Å². The molecule has 1 heterocycles. The van der Waals surface area contributed by atoms with E-state index in [1.165, 1.54) is 12.8 Å². The number of hydrogen-bond donors (Lipinski definition) is 0. The third kappa shape index (κ3) is 8.02. The van der Waals surface area contributed by atoms with Crippen molar-refractivity contribution in [3.63, 3.8) is 0 Å². The molecule has 0 N–H and O–H groups in total. The number of rotatable bonds is 4. The van der Waals surface area contributed by atoms with E-state index < -0.39 is 6.16 Å². The van der Waals surface area contributed by atoms with Crippen LogP contribution in [0.15, 0.2) is 28.7 Å². The first-order chi connectivity index (χ1) is 10.9. The molecule has 9 heteroatoms. The Hall–Kier alpha value is 1.25. The van der Waals surface area contributed by atoms with Gasteiger partial charge in [0, 0.05) is 16.4 Å². The van der Waals surface area contributed by atoms with E-state index in [0.717, 1.165) is 21.9 Å². The van der Waals surface area contributed by atoms with E-state index in [2.05, 4.69) is 20.5 Å². The third-order valence-electron chi connectivity index (χ3n) is 3.49. The second kappa shape index (κ2) is 12.7. The van der Waals surface area contributed by atoms with Crippen LogP contribution in [0.1, 0.15) is 30.3 Å². The van der Waals surface area contributed by atoms with Crippen LogP contribution in [0.2, 0.25) is 0 Å². The SMILES string of the molecule is CCOC(=O)c1cc2cccc(Br)c2n1CC1CC1.O=C([O-])[O-].[K+].[K+]. The number of nitrogens with zero attached hydrogens (tertiary/aromatic N) is 1. The van der Waals surface area contributed by atoms with Gasteiger partial charge < -0.3 is 24.3 Å². The van der Waals surface area contributed by atoms with Crippen molar-refractivity contribution in [3.8, 4) is 0 Å². The largest absolute Gasteiger partial charge is 1.00 e. The van der Waals surface area contributed by atoms with Gasteiger partial charge in [0.05, 0.1) is 12.1 Å². The second-order valence-electron chi connectivity index (χ2n) is 5.23. The number of ether oxygens (including phenoxy) is 1. The van der Waals surface area contributed by atoms with Crippen LogP contribution in [0.4, 0.5) is 4.79 Å². The number of para-hydroxylation sites is 1. The van der Waals surface area contributed by atoms with Crippen molar-refractivity contribution in [2.45, 2.75) is 26.3 Å². The second-order valence-corrected chi connectivity index (χ2v) is 6.09.